The minimum Gasteiger partial charge on any atom is -0.368 e. The topological polar surface area (TPSA) is 130 Å². The van der Waals surface area contributed by atoms with E-state index in [1.54, 1.807) is 6.08 Å². The highest BCUT2D eigenvalue weighted by molar-refractivity contribution is 5.97. The highest BCUT2D eigenvalue weighted by atomic mass is 16.2. The lowest BCUT2D eigenvalue weighted by molar-refractivity contribution is -0.132. The molecule has 196 valence electrons. The van der Waals surface area contributed by atoms with Gasteiger partial charge in [-0.1, -0.05) is 91.0 Å². The molecule has 3 aromatic rings. The van der Waals surface area contributed by atoms with Crippen molar-refractivity contribution in [3.8, 4) is 0 Å². The fourth-order valence-corrected chi connectivity index (χ4v) is 3.76. The van der Waals surface area contributed by atoms with E-state index in [1.165, 1.54) is 13.0 Å². The number of nitrogens with two attached hydrogens (primary N) is 1. The van der Waals surface area contributed by atoms with Crippen molar-refractivity contribution in [2.24, 2.45) is 5.73 Å². The van der Waals surface area contributed by atoms with Crippen LogP contribution in [0.2, 0.25) is 0 Å². The molecule has 3 aromatic carbocycles. The van der Waals surface area contributed by atoms with Gasteiger partial charge in [-0.05, 0) is 29.7 Å². The molecule has 8 nitrogen and oxygen atoms in total. The Morgan fingerprint density at radius 2 is 1.16 bits per heavy atom. The van der Waals surface area contributed by atoms with Gasteiger partial charge in [0.1, 0.15) is 18.1 Å². The predicted octanol–water partition coefficient (Wildman–Crippen LogP) is 2.14. The number of benzene rings is 3. The molecule has 0 saturated carbocycles. The molecule has 0 heterocycles. The molecule has 0 aliphatic rings. The molecule has 4 amide bonds. The first-order valence-corrected chi connectivity index (χ1v) is 12.3. The maximum atomic E-state index is 13.3. The van der Waals surface area contributed by atoms with E-state index in [9.17, 15) is 19.2 Å². The number of hydrogen-bond acceptors (Lipinski definition) is 4. The van der Waals surface area contributed by atoms with Crippen LogP contribution in [0.15, 0.2) is 97.1 Å². The molecule has 0 aliphatic heterocycles. The first-order valence-electron chi connectivity index (χ1n) is 12.3. The van der Waals surface area contributed by atoms with Crippen LogP contribution in [0.3, 0.4) is 0 Å². The Balaban J connectivity index is 1.67. The molecule has 0 aliphatic carbocycles. The van der Waals surface area contributed by atoms with Crippen molar-refractivity contribution in [2.45, 2.75) is 37.9 Å². The number of hydrogen-bond donors (Lipinski definition) is 4. The Kier molecular flexibility index (Phi) is 10.4. The average molecular weight is 513 g/mol. The van der Waals surface area contributed by atoms with Crippen molar-refractivity contribution in [1.82, 2.24) is 16.0 Å². The lowest BCUT2D eigenvalue weighted by Gasteiger charge is -2.24. The summed E-state index contributed by atoms with van der Waals surface area (Å²) in [4.78, 5) is 50.6. The highest BCUT2D eigenvalue weighted by Gasteiger charge is 2.28. The van der Waals surface area contributed by atoms with Crippen molar-refractivity contribution in [3.05, 3.63) is 114 Å². The molecule has 5 N–H and O–H groups in total. The summed E-state index contributed by atoms with van der Waals surface area (Å²) in [6, 6.07) is 24.8. The van der Waals surface area contributed by atoms with Gasteiger partial charge in [0, 0.05) is 18.9 Å². The monoisotopic (exact) mass is 512 g/mol. The second-order valence-electron chi connectivity index (χ2n) is 8.88. The van der Waals surface area contributed by atoms with Gasteiger partial charge in [0.15, 0.2) is 0 Å². The van der Waals surface area contributed by atoms with Crippen LogP contribution in [0.25, 0.3) is 6.08 Å². The van der Waals surface area contributed by atoms with Crippen molar-refractivity contribution < 1.29 is 19.2 Å². The molecule has 3 atom stereocenters. The predicted molar refractivity (Wildman–Crippen MR) is 146 cm³/mol. The number of carbonyl (C=O) groups is 4. The normalized spacial score (nSPS) is 13.2. The molecule has 0 spiro atoms. The average Bonchev–Trinajstić information content (AvgIpc) is 2.92. The second-order valence-corrected chi connectivity index (χ2v) is 8.88. The molecule has 8 heteroatoms. The van der Waals surface area contributed by atoms with E-state index in [-0.39, 0.29) is 12.8 Å². The van der Waals surface area contributed by atoms with E-state index in [1.807, 2.05) is 91.0 Å². The Bertz CT molecular complexity index is 1250. The second kappa shape index (κ2) is 14.1. The van der Waals surface area contributed by atoms with Crippen LogP contribution < -0.4 is 21.7 Å². The van der Waals surface area contributed by atoms with E-state index in [2.05, 4.69) is 16.0 Å². The minimum atomic E-state index is -0.998. The number of carbonyl (C=O) groups excluding carboxylic acids is 4. The molecule has 0 saturated heterocycles. The van der Waals surface area contributed by atoms with E-state index in [4.69, 9.17) is 5.73 Å². The van der Waals surface area contributed by atoms with Gasteiger partial charge in [-0.2, -0.15) is 0 Å². The van der Waals surface area contributed by atoms with Crippen molar-refractivity contribution in [1.29, 1.82) is 0 Å². The molecule has 3 rings (SSSR count). The van der Waals surface area contributed by atoms with Gasteiger partial charge in [0.05, 0.1) is 0 Å². The lowest BCUT2D eigenvalue weighted by Crippen LogP contribution is -2.56. The van der Waals surface area contributed by atoms with Gasteiger partial charge in [-0.3, -0.25) is 19.2 Å². The Morgan fingerprint density at radius 1 is 0.684 bits per heavy atom. The number of primary amides is 1. The molecule has 0 fully saturated rings. The molecule has 38 heavy (non-hydrogen) atoms. The first kappa shape index (κ1) is 27.9. The Hall–Kier alpha value is -4.72. The van der Waals surface area contributed by atoms with Crippen LogP contribution in [0.5, 0.6) is 0 Å². The summed E-state index contributed by atoms with van der Waals surface area (Å²) >= 11 is 0. The van der Waals surface area contributed by atoms with E-state index < -0.39 is 41.8 Å². The molecule has 0 aromatic heterocycles. The van der Waals surface area contributed by atoms with Gasteiger partial charge in [-0.15, -0.1) is 0 Å². The summed E-state index contributed by atoms with van der Waals surface area (Å²) in [5.74, 6) is -2.22. The van der Waals surface area contributed by atoms with Gasteiger partial charge >= 0.3 is 0 Å². The van der Waals surface area contributed by atoms with E-state index in [0.29, 0.717) is 0 Å². The SMILES string of the molecule is CC(NC(=O)/C=C/c1ccccc1)C(=O)NC(Cc1ccccc1)C(=O)NC(Cc1ccccc1)C(N)=O. The molecule has 3 unspecified atom stereocenters. The van der Waals surface area contributed by atoms with Gasteiger partial charge < -0.3 is 21.7 Å². The van der Waals surface area contributed by atoms with Gasteiger partial charge in [0.25, 0.3) is 0 Å². The third-order valence-electron chi connectivity index (χ3n) is 5.84. The van der Waals surface area contributed by atoms with Crippen LogP contribution in [-0.4, -0.2) is 41.8 Å². The first-order chi connectivity index (χ1) is 18.3. The summed E-state index contributed by atoms with van der Waals surface area (Å²) in [7, 11) is 0. The number of amides is 4. The van der Waals surface area contributed by atoms with Crippen LogP contribution in [-0.2, 0) is 32.0 Å². The maximum Gasteiger partial charge on any atom is 0.244 e. The van der Waals surface area contributed by atoms with Gasteiger partial charge in [0.2, 0.25) is 23.6 Å². The van der Waals surface area contributed by atoms with E-state index >= 15 is 0 Å². The van der Waals surface area contributed by atoms with Crippen LogP contribution in [0.1, 0.15) is 23.6 Å². The number of rotatable bonds is 12. The fourth-order valence-electron chi connectivity index (χ4n) is 3.76. The zero-order chi connectivity index (χ0) is 27.3. The van der Waals surface area contributed by atoms with Crippen LogP contribution in [0, 0.1) is 0 Å². The van der Waals surface area contributed by atoms with Crippen molar-refractivity contribution >= 4 is 29.7 Å². The minimum absolute atomic E-state index is 0.184. The summed E-state index contributed by atoms with van der Waals surface area (Å²) in [5, 5.41) is 8.00. The largest absolute Gasteiger partial charge is 0.368 e. The molecular weight excluding hydrogens is 480 g/mol. The van der Waals surface area contributed by atoms with Crippen LogP contribution in [0.4, 0.5) is 0 Å². The third kappa shape index (κ3) is 9.05. The smallest absolute Gasteiger partial charge is 0.244 e. The third-order valence-corrected chi connectivity index (χ3v) is 5.84. The lowest BCUT2D eigenvalue weighted by atomic mass is 10.0. The zero-order valence-electron chi connectivity index (χ0n) is 21.2. The van der Waals surface area contributed by atoms with Gasteiger partial charge in [-0.25, -0.2) is 0 Å². The highest BCUT2D eigenvalue weighted by Crippen LogP contribution is 2.07. The standard InChI is InChI=1S/C30H32N4O4/c1-21(32-27(35)18-17-22-11-5-2-6-12-22)29(37)34-26(20-24-15-9-4-10-16-24)30(38)33-25(28(31)36)19-23-13-7-3-8-14-23/h2-18,21,25-26H,19-20H2,1H3,(H2,31,36)(H,32,35)(H,33,38)(H,34,37)/b18-17+. The summed E-state index contributed by atoms with van der Waals surface area (Å²) in [5.41, 5.74) is 8.06. The van der Waals surface area contributed by atoms with Crippen LogP contribution >= 0.6 is 0 Å². The quantitative estimate of drug-likeness (QED) is 0.277. The molecule has 0 bridgehead atoms. The Labute approximate surface area is 222 Å². The summed E-state index contributed by atoms with van der Waals surface area (Å²) < 4.78 is 0. The summed E-state index contributed by atoms with van der Waals surface area (Å²) in [6.45, 7) is 1.53. The fraction of sp³-hybridized carbons (Fsp3) is 0.200. The maximum absolute atomic E-state index is 13.3. The Morgan fingerprint density at radius 3 is 1.68 bits per heavy atom. The molecular formula is C30H32N4O4. The number of nitrogens with one attached hydrogen (secondary N) is 3. The molecule has 0 radical (unpaired) electrons. The summed E-state index contributed by atoms with van der Waals surface area (Å²) in [6.07, 6.45) is 3.38. The van der Waals surface area contributed by atoms with E-state index in [0.717, 1.165) is 16.7 Å². The zero-order valence-corrected chi connectivity index (χ0v) is 21.2. The van der Waals surface area contributed by atoms with Crippen molar-refractivity contribution in [2.75, 3.05) is 0 Å². The van der Waals surface area contributed by atoms with Crippen molar-refractivity contribution in [3.63, 3.8) is 0 Å².